The van der Waals surface area contributed by atoms with Crippen LogP contribution in [-0.4, -0.2) is 50.6 Å². The van der Waals surface area contributed by atoms with Gasteiger partial charge in [0.1, 0.15) is 5.75 Å². The molecule has 0 radical (unpaired) electrons. The van der Waals surface area contributed by atoms with Gasteiger partial charge in [-0.1, -0.05) is 30.3 Å². The van der Waals surface area contributed by atoms with Gasteiger partial charge in [-0.05, 0) is 51.7 Å². The Morgan fingerprint density at radius 1 is 1.00 bits per heavy atom. The number of hydrogen-bond acceptors (Lipinski definition) is 4. The first-order valence-corrected chi connectivity index (χ1v) is 10.0. The number of ether oxygens (including phenoxy) is 1. The molecule has 0 saturated heterocycles. The average Bonchev–Trinajstić information content (AvgIpc) is 2.72. The Kier molecular flexibility index (Phi) is 8.68. The van der Waals surface area contributed by atoms with Crippen molar-refractivity contribution in [3.8, 4) is 5.75 Å². The number of likely N-dealkylation sites (N-methyl/N-ethyl adjacent to an activating group) is 1. The molecule has 3 N–H and O–H groups in total. The van der Waals surface area contributed by atoms with E-state index in [1.807, 2.05) is 64.3 Å². The quantitative estimate of drug-likeness (QED) is 0.591. The van der Waals surface area contributed by atoms with Crippen LogP contribution < -0.4 is 20.7 Å². The van der Waals surface area contributed by atoms with Crippen molar-refractivity contribution in [2.45, 2.75) is 32.5 Å². The zero-order chi connectivity index (χ0) is 22.1. The Labute approximate surface area is 178 Å². The predicted octanol–water partition coefficient (Wildman–Crippen LogP) is 2.94. The van der Waals surface area contributed by atoms with Crippen LogP contribution in [0.3, 0.4) is 0 Å². The summed E-state index contributed by atoms with van der Waals surface area (Å²) in [5.41, 5.74) is 2.51. The lowest BCUT2D eigenvalue weighted by atomic mass is 10.0. The molecule has 2 aromatic rings. The molecule has 0 aliphatic heterocycles. The summed E-state index contributed by atoms with van der Waals surface area (Å²) in [6, 6.07) is 14.9. The zero-order valence-electron chi connectivity index (χ0n) is 18.4. The number of methoxy groups -OCH3 is 1. The number of nitrogens with one attached hydrogen (secondary N) is 3. The van der Waals surface area contributed by atoms with E-state index < -0.39 is 0 Å². The van der Waals surface area contributed by atoms with Crippen molar-refractivity contribution in [1.29, 1.82) is 0 Å². The molecule has 0 aliphatic rings. The highest BCUT2D eigenvalue weighted by Crippen LogP contribution is 2.27. The van der Waals surface area contributed by atoms with Crippen LogP contribution in [0.4, 0.5) is 4.79 Å². The Morgan fingerprint density at radius 3 is 2.27 bits per heavy atom. The molecule has 0 spiro atoms. The van der Waals surface area contributed by atoms with Gasteiger partial charge >= 0.3 is 6.03 Å². The molecule has 3 amide bonds. The predicted molar refractivity (Wildman–Crippen MR) is 119 cm³/mol. The van der Waals surface area contributed by atoms with Crippen LogP contribution in [-0.2, 0) is 6.54 Å². The number of hydrogen-bond donors (Lipinski definition) is 3. The van der Waals surface area contributed by atoms with Crippen molar-refractivity contribution in [2.75, 3.05) is 27.7 Å². The summed E-state index contributed by atoms with van der Waals surface area (Å²) in [6.45, 7) is 4.66. The molecular formula is C23H32N4O3. The fourth-order valence-electron chi connectivity index (χ4n) is 3.07. The highest BCUT2D eigenvalue weighted by molar-refractivity contribution is 5.94. The van der Waals surface area contributed by atoms with Gasteiger partial charge in [0.15, 0.2) is 0 Å². The van der Waals surface area contributed by atoms with Crippen molar-refractivity contribution < 1.29 is 14.3 Å². The molecule has 0 aromatic heterocycles. The third kappa shape index (κ3) is 6.77. The van der Waals surface area contributed by atoms with E-state index in [9.17, 15) is 9.59 Å². The summed E-state index contributed by atoms with van der Waals surface area (Å²) in [5, 5.41) is 8.57. The lowest BCUT2D eigenvalue weighted by Gasteiger charge is -2.26. The minimum atomic E-state index is -0.210. The summed E-state index contributed by atoms with van der Waals surface area (Å²) < 4.78 is 5.47. The molecule has 2 aromatic carbocycles. The third-order valence-corrected chi connectivity index (χ3v) is 4.67. The maximum absolute atomic E-state index is 12.6. The van der Waals surface area contributed by atoms with Gasteiger partial charge in [0, 0.05) is 30.3 Å². The van der Waals surface area contributed by atoms with Crippen LogP contribution >= 0.6 is 0 Å². The number of benzene rings is 2. The van der Waals surface area contributed by atoms with Crippen molar-refractivity contribution in [1.82, 2.24) is 20.9 Å². The minimum absolute atomic E-state index is 0.0203. The van der Waals surface area contributed by atoms with E-state index >= 15 is 0 Å². The highest BCUT2D eigenvalue weighted by atomic mass is 16.5. The number of urea groups is 1. The summed E-state index contributed by atoms with van der Waals surface area (Å²) >= 11 is 0. The van der Waals surface area contributed by atoms with Crippen LogP contribution in [0.1, 0.15) is 41.4 Å². The monoisotopic (exact) mass is 412 g/mol. The van der Waals surface area contributed by atoms with Crippen LogP contribution in [0.15, 0.2) is 48.5 Å². The van der Waals surface area contributed by atoms with E-state index in [0.29, 0.717) is 18.7 Å². The first-order chi connectivity index (χ1) is 14.3. The number of para-hydroxylation sites is 1. The first kappa shape index (κ1) is 23.2. The average molecular weight is 413 g/mol. The second-order valence-electron chi connectivity index (χ2n) is 7.61. The molecular weight excluding hydrogens is 380 g/mol. The SMILES string of the molecule is COc1ccccc1[C@H](CNC(=O)c1ccc(CNC(=O)NC(C)C)cc1)N(C)C. The lowest BCUT2D eigenvalue weighted by molar-refractivity contribution is 0.0941. The van der Waals surface area contributed by atoms with E-state index in [2.05, 4.69) is 20.9 Å². The van der Waals surface area contributed by atoms with Crippen molar-refractivity contribution in [3.63, 3.8) is 0 Å². The molecule has 0 aliphatic carbocycles. The van der Waals surface area contributed by atoms with Crippen molar-refractivity contribution in [3.05, 3.63) is 65.2 Å². The van der Waals surface area contributed by atoms with E-state index in [1.54, 1.807) is 19.2 Å². The number of carbonyl (C=O) groups is 2. The van der Waals surface area contributed by atoms with E-state index in [4.69, 9.17) is 4.74 Å². The smallest absolute Gasteiger partial charge is 0.315 e. The molecule has 162 valence electrons. The molecule has 2 rings (SSSR count). The molecule has 0 fully saturated rings. The topological polar surface area (TPSA) is 82.7 Å². The molecule has 1 atom stereocenters. The van der Waals surface area contributed by atoms with Crippen LogP contribution in [0, 0.1) is 0 Å². The molecule has 30 heavy (non-hydrogen) atoms. The van der Waals surface area contributed by atoms with Gasteiger partial charge < -0.3 is 25.6 Å². The number of carbonyl (C=O) groups excluding carboxylic acids is 2. The largest absolute Gasteiger partial charge is 0.496 e. The Bertz CT molecular complexity index is 835. The molecule has 0 unspecified atom stereocenters. The van der Waals surface area contributed by atoms with Crippen molar-refractivity contribution in [2.24, 2.45) is 0 Å². The normalized spacial score (nSPS) is 11.8. The minimum Gasteiger partial charge on any atom is -0.496 e. The van der Waals surface area contributed by atoms with Crippen LogP contribution in [0.2, 0.25) is 0 Å². The van der Waals surface area contributed by atoms with Gasteiger partial charge in [-0.2, -0.15) is 0 Å². The van der Waals surface area contributed by atoms with Crippen LogP contribution in [0.25, 0.3) is 0 Å². The van der Waals surface area contributed by atoms with Gasteiger partial charge in [0.25, 0.3) is 5.91 Å². The van der Waals surface area contributed by atoms with Crippen LogP contribution in [0.5, 0.6) is 5.75 Å². The fourth-order valence-corrected chi connectivity index (χ4v) is 3.07. The van der Waals surface area contributed by atoms with E-state index in [1.165, 1.54) is 0 Å². The number of nitrogens with zero attached hydrogens (tertiary/aromatic N) is 1. The maximum Gasteiger partial charge on any atom is 0.315 e. The Balaban J connectivity index is 1.95. The maximum atomic E-state index is 12.6. The summed E-state index contributed by atoms with van der Waals surface area (Å²) in [5.74, 6) is 0.651. The van der Waals surface area contributed by atoms with Gasteiger partial charge in [-0.15, -0.1) is 0 Å². The Morgan fingerprint density at radius 2 is 1.67 bits per heavy atom. The lowest BCUT2D eigenvalue weighted by Crippen LogP contribution is -2.39. The summed E-state index contributed by atoms with van der Waals surface area (Å²) in [6.07, 6.45) is 0. The fraction of sp³-hybridized carbons (Fsp3) is 0.391. The Hall–Kier alpha value is -3.06. The molecule has 7 nitrogen and oxygen atoms in total. The zero-order valence-corrected chi connectivity index (χ0v) is 18.4. The standard InChI is InChI=1S/C23H32N4O3/c1-16(2)26-23(29)25-14-17-10-12-18(13-11-17)22(28)24-15-20(27(3)4)19-8-6-7-9-21(19)30-5/h6-13,16,20H,14-15H2,1-5H3,(H,24,28)(H2,25,26,29)/t20-/m0/s1. The molecule has 0 saturated carbocycles. The second-order valence-corrected chi connectivity index (χ2v) is 7.61. The molecule has 7 heteroatoms. The van der Waals surface area contributed by atoms with E-state index in [0.717, 1.165) is 16.9 Å². The van der Waals surface area contributed by atoms with Gasteiger partial charge in [-0.3, -0.25) is 4.79 Å². The van der Waals surface area contributed by atoms with Gasteiger partial charge in [0.2, 0.25) is 0 Å². The van der Waals surface area contributed by atoms with Gasteiger partial charge in [0.05, 0.1) is 13.2 Å². The summed E-state index contributed by atoms with van der Waals surface area (Å²) in [7, 11) is 5.59. The van der Waals surface area contributed by atoms with Crippen molar-refractivity contribution >= 4 is 11.9 Å². The highest BCUT2D eigenvalue weighted by Gasteiger charge is 2.19. The van der Waals surface area contributed by atoms with E-state index in [-0.39, 0.29) is 24.0 Å². The molecule has 0 bridgehead atoms. The summed E-state index contributed by atoms with van der Waals surface area (Å²) in [4.78, 5) is 26.3. The second kappa shape index (κ2) is 11.2. The number of amides is 3. The number of rotatable bonds is 9. The third-order valence-electron chi connectivity index (χ3n) is 4.67. The first-order valence-electron chi connectivity index (χ1n) is 10.0. The molecule has 0 heterocycles. The van der Waals surface area contributed by atoms with Gasteiger partial charge in [-0.25, -0.2) is 4.79 Å².